The summed E-state index contributed by atoms with van der Waals surface area (Å²) in [6, 6.07) is 13.8. The molecule has 1 saturated heterocycles. The van der Waals surface area contributed by atoms with E-state index in [2.05, 4.69) is 0 Å². The van der Waals surface area contributed by atoms with Crippen molar-refractivity contribution in [1.29, 1.82) is 0 Å². The average Bonchev–Trinajstić information content (AvgIpc) is 3.10. The molecule has 164 valence electrons. The first-order chi connectivity index (χ1) is 14.1. The lowest BCUT2D eigenvalue weighted by Crippen LogP contribution is -2.33. The number of hydrogen-bond acceptors (Lipinski definition) is 5. The van der Waals surface area contributed by atoms with Crippen molar-refractivity contribution in [2.45, 2.75) is 50.7 Å². The monoisotopic (exact) mass is 434 g/mol. The molecule has 8 heteroatoms. The fraction of sp³-hybridized carbons (Fsp3) is 0.409. The van der Waals surface area contributed by atoms with E-state index in [1.807, 2.05) is 49.9 Å². The van der Waals surface area contributed by atoms with Gasteiger partial charge in [-0.25, -0.2) is 0 Å². The van der Waals surface area contributed by atoms with Gasteiger partial charge in [-0.2, -0.15) is 8.42 Å². The number of ether oxygens (including phenoxy) is 1. The van der Waals surface area contributed by atoms with Crippen molar-refractivity contribution in [2.24, 2.45) is 5.73 Å². The standard InChI is InChI=1S/C15H22N2O2.C7H8O3S/c1-11(2)19-14-6-4-3-5-12(14)9-15(18)17-8-7-13(16)10-17;1-6-2-4-7(5-3-6)11(8,9)10/h3-6,11,13H,7-10,16H2,1-2H3;2-5H,1H3,(H,8,9,10). The Balaban J connectivity index is 0.000000248. The predicted octanol–water partition coefficient (Wildman–Crippen LogP) is 2.82. The first kappa shape index (κ1) is 23.9. The van der Waals surface area contributed by atoms with Crippen LogP contribution in [0.25, 0.3) is 0 Å². The number of benzene rings is 2. The Labute approximate surface area is 178 Å². The minimum atomic E-state index is -4.02. The van der Waals surface area contributed by atoms with Crippen LogP contribution in [0.3, 0.4) is 0 Å². The third-order valence-electron chi connectivity index (χ3n) is 4.57. The predicted molar refractivity (Wildman–Crippen MR) is 116 cm³/mol. The van der Waals surface area contributed by atoms with Crippen molar-refractivity contribution in [2.75, 3.05) is 13.1 Å². The average molecular weight is 435 g/mol. The Kier molecular flexibility index (Phi) is 8.40. The molecule has 3 N–H and O–H groups in total. The molecular weight excluding hydrogens is 404 g/mol. The maximum absolute atomic E-state index is 12.2. The Morgan fingerprint density at radius 3 is 2.37 bits per heavy atom. The number of nitrogens with two attached hydrogens (primary N) is 1. The van der Waals surface area contributed by atoms with E-state index in [0.29, 0.717) is 13.0 Å². The van der Waals surface area contributed by atoms with E-state index in [4.69, 9.17) is 15.0 Å². The van der Waals surface area contributed by atoms with E-state index in [-0.39, 0.29) is 22.9 Å². The zero-order chi connectivity index (χ0) is 22.3. The summed E-state index contributed by atoms with van der Waals surface area (Å²) < 4.78 is 35.3. The van der Waals surface area contributed by atoms with Crippen LogP contribution in [0.1, 0.15) is 31.4 Å². The molecule has 0 bridgehead atoms. The second-order valence-electron chi connectivity index (χ2n) is 7.63. The molecule has 1 aliphatic rings. The van der Waals surface area contributed by atoms with Gasteiger partial charge in [0.05, 0.1) is 17.4 Å². The van der Waals surface area contributed by atoms with E-state index in [1.165, 1.54) is 12.1 Å². The Morgan fingerprint density at radius 2 is 1.83 bits per heavy atom. The fourth-order valence-corrected chi connectivity index (χ4v) is 3.50. The Bertz CT molecular complexity index is 942. The molecule has 0 aliphatic carbocycles. The van der Waals surface area contributed by atoms with Crippen molar-refractivity contribution < 1.29 is 22.5 Å². The highest BCUT2D eigenvalue weighted by Crippen LogP contribution is 2.21. The van der Waals surface area contributed by atoms with Crippen LogP contribution in [0.5, 0.6) is 5.75 Å². The van der Waals surface area contributed by atoms with E-state index >= 15 is 0 Å². The molecule has 2 aromatic carbocycles. The van der Waals surface area contributed by atoms with Crippen LogP contribution in [0.2, 0.25) is 0 Å². The van der Waals surface area contributed by atoms with E-state index in [1.54, 1.807) is 12.1 Å². The van der Waals surface area contributed by atoms with Crippen LogP contribution >= 0.6 is 0 Å². The molecule has 3 rings (SSSR count). The molecule has 1 unspecified atom stereocenters. The molecule has 30 heavy (non-hydrogen) atoms. The van der Waals surface area contributed by atoms with Gasteiger partial charge >= 0.3 is 0 Å². The van der Waals surface area contributed by atoms with Crippen molar-refractivity contribution >= 4 is 16.0 Å². The third kappa shape index (κ3) is 7.44. The molecule has 1 aliphatic heterocycles. The number of likely N-dealkylation sites (tertiary alicyclic amines) is 1. The van der Waals surface area contributed by atoms with Crippen LogP contribution < -0.4 is 10.5 Å². The summed E-state index contributed by atoms with van der Waals surface area (Å²) in [6.07, 6.45) is 1.39. The number of nitrogens with zero attached hydrogens (tertiary/aromatic N) is 1. The lowest BCUT2D eigenvalue weighted by atomic mass is 10.1. The minimum absolute atomic E-state index is 0.0666. The van der Waals surface area contributed by atoms with Crippen LogP contribution in [-0.2, 0) is 21.3 Å². The highest BCUT2D eigenvalue weighted by molar-refractivity contribution is 7.85. The summed E-state index contributed by atoms with van der Waals surface area (Å²) >= 11 is 0. The van der Waals surface area contributed by atoms with Gasteiger partial charge in [0.15, 0.2) is 0 Å². The molecule has 0 radical (unpaired) electrons. The second kappa shape index (κ2) is 10.6. The molecule has 0 saturated carbocycles. The van der Waals surface area contributed by atoms with Crippen molar-refractivity contribution in [3.05, 3.63) is 59.7 Å². The molecule has 1 fully saturated rings. The maximum Gasteiger partial charge on any atom is 0.294 e. The van der Waals surface area contributed by atoms with E-state index in [9.17, 15) is 13.2 Å². The highest BCUT2D eigenvalue weighted by atomic mass is 32.2. The number of carbonyl (C=O) groups is 1. The Hall–Kier alpha value is -2.42. The largest absolute Gasteiger partial charge is 0.491 e. The fourth-order valence-electron chi connectivity index (χ4n) is 3.02. The first-order valence-corrected chi connectivity index (χ1v) is 11.3. The topological polar surface area (TPSA) is 110 Å². The molecule has 1 atom stereocenters. The van der Waals surface area contributed by atoms with Gasteiger partial charge in [-0.3, -0.25) is 9.35 Å². The van der Waals surface area contributed by atoms with E-state index in [0.717, 1.165) is 29.8 Å². The molecule has 7 nitrogen and oxygen atoms in total. The van der Waals surface area contributed by atoms with Gasteiger partial charge in [0.2, 0.25) is 5.91 Å². The number of amides is 1. The van der Waals surface area contributed by atoms with Gasteiger partial charge in [0, 0.05) is 24.7 Å². The molecule has 1 amide bonds. The third-order valence-corrected chi connectivity index (χ3v) is 5.44. The number of carbonyl (C=O) groups excluding carboxylic acids is 1. The summed E-state index contributed by atoms with van der Waals surface area (Å²) in [7, 11) is -4.02. The normalized spacial score (nSPS) is 16.2. The smallest absolute Gasteiger partial charge is 0.294 e. The maximum atomic E-state index is 12.2. The van der Waals surface area contributed by atoms with Gasteiger partial charge < -0.3 is 15.4 Å². The lowest BCUT2D eigenvalue weighted by Gasteiger charge is -2.18. The Morgan fingerprint density at radius 1 is 1.20 bits per heavy atom. The SMILES string of the molecule is CC(C)Oc1ccccc1CC(=O)N1CCC(N)C1.Cc1ccc(S(=O)(=O)O)cc1. The summed E-state index contributed by atoms with van der Waals surface area (Å²) in [5.41, 5.74) is 7.74. The number of para-hydroxylation sites is 1. The zero-order valence-corrected chi connectivity index (χ0v) is 18.4. The van der Waals surface area contributed by atoms with Gasteiger partial charge in [0.1, 0.15) is 5.75 Å². The zero-order valence-electron chi connectivity index (χ0n) is 17.6. The van der Waals surface area contributed by atoms with Crippen LogP contribution in [-0.4, -0.2) is 49.0 Å². The van der Waals surface area contributed by atoms with Gasteiger partial charge in [0.25, 0.3) is 10.1 Å². The van der Waals surface area contributed by atoms with Gasteiger partial charge in [-0.1, -0.05) is 35.9 Å². The molecule has 2 aromatic rings. The first-order valence-electron chi connectivity index (χ1n) is 9.88. The summed E-state index contributed by atoms with van der Waals surface area (Å²) in [4.78, 5) is 14.0. The van der Waals surface area contributed by atoms with Crippen molar-refractivity contribution in [3.63, 3.8) is 0 Å². The van der Waals surface area contributed by atoms with Gasteiger partial charge in [-0.15, -0.1) is 0 Å². The number of rotatable bonds is 5. The van der Waals surface area contributed by atoms with Crippen LogP contribution in [0.4, 0.5) is 0 Å². The van der Waals surface area contributed by atoms with Crippen molar-refractivity contribution in [3.8, 4) is 5.75 Å². The lowest BCUT2D eigenvalue weighted by molar-refractivity contribution is -0.129. The second-order valence-corrected chi connectivity index (χ2v) is 9.05. The summed E-state index contributed by atoms with van der Waals surface area (Å²) in [5.74, 6) is 0.933. The quantitative estimate of drug-likeness (QED) is 0.700. The number of aryl methyl sites for hydroxylation is 1. The van der Waals surface area contributed by atoms with E-state index < -0.39 is 10.1 Å². The van der Waals surface area contributed by atoms with Crippen molar-refractivity contribution in [1.82, 2.24) is 4.90 Å². The molecular formula is C22H30N2O5S. The highest BCUT2D eigenvalue weighted by Gasteiger charge is 2.24. The molecule has 1 heterocycles. The number of hydrogen-bond donors (Lipinski definition) is 2. The molecule has 0 spiro atoms. The summed E-state index contributed by atoms with van der Waals surface area (Å²) in [6.45, 7) is 7.25. The van der Waals surface area contributed by atoms with Crippen LogP contribution in [0, 0.1) is 6.92 Å². The van der Waals surface area contributed by atoms with Gasteiger partial charge in [-0.05, 0) is 45.4 Å². The summed E-state index contributed by atoms with van der Waals surface area (Å²) in [5, 5.41) is 0. The molecule has 0 aromatic heterocycles. The minimum Gasteiger partial charge on any atom is -0.491 e. The van der Waals surface area contributed by atoms with Crippen LogP contribution in [0.15, 0.2) is 53.4 Å².